The van der Waals surface area contributed by atoms with Crippen molar-refractivity contribution < 1.29 is 0 Å². The third-order valence-corrected chi connectivity index (χ3v) is 5.54. The highest BCUT2D eigenvalue weighted by Crippen LogP contribution is 2.44. The Hall–Kier alpha value is -1.12. The summed E-state index contributed by atoms with van der Waals surface area (Å²) in [5.41, 5.74) is 0. The molecule has 0 saturated heterocycles. The van der Waals surface area contributed by atoms with E-state index in [1.165, 1.54) is 40.7 Å². The van der Waals surface area contributed by atoms with E-state index in [1.54, 1.807) is 0 Å². The van der Waals surface area contributed by atoms with Gasteiger partial charge in [-0.25, -0.2) is 0 Å². The Bertz CT molecular complexity index is 747. The maximum absolute atomic E-state index is 2.28. The van der Waals surface area contributed by atoms with Crippen LogP contribution in [0.2, 0.25) is 0 Å². The Balaban J connectivity index is 2.51. The summed E-state index contributed by atoms with van der Waals surface area (Å²) < 4.78 is 2.87. The molecule has 0 fully saturated rings. The Morgan fingerprint density at radius 1 is 0.688 bits per heavy atom. The number of rotatable bonds is 0. The second kappa shape index (κ2) is 2.76. The molecule has 2 heterocycles. The fraction of sp³-hybridized carbons (Fsp3) is 0.143. The molecule has 4 aromatic rings. The van der Waals surface area contributed by atoms with Gasteiger partial charge in [0.05, 0.1) is 0 Å². The molecule has 2 aromatic heterocycles. The average Bonchev–Trinajstić information content (AvgIpc) is 2.75. The molecule has 0 aliphatic rings. The van der Waals surface area contributed by atoms with E-state index in [2.05, 4.69) is 38.1 Å². The number of benzene rings is 2. The van der Waals surface area contributed by atoms with Crippen LogP contribution in [0.5, 0.6) is 0 Å². The van der Waals surface area contributed by atoms with Crippen molar-refractivity contribution in [3.63, 3.8) is 0 Å². The van der Waals surface area contributed by atoms with Crippen molar-refractivity contribution in [2.75, 3.05) is 0 Å². The minimum atomic E-state index is 1.43. The molecule has 0 spiro atoms. The van der Waals surface area contributed by atoms with Crippen LogP contribution in [-0.4, -0.2) is 0 Å². The summed E-state index contributed by atoms with van der Waals surface area (Å²) in [4.78, 5) is 2.88. The lowest BCUT2D eigenvalue weighted by molar-refractivity contribution is 1.69. The van der Waals surface area contributed by atoms with Crippen LogP contribution in [0.15, 0.2) is 24.3 Å². The third kappa shape index (κ3) is 0.902. The molecule has 0 aliphatic carbocycles. The van der Waals surface area contributed by atoms with Crippen LogP contribution in [0.4, 0.5) is 0 Å². The molecule has 0 bridgehead atoms. The Kier molecular flexibility index (Phi) is 1.55. The fourth-order valence-electron chi connectivity index (χ4n) is 2.63. The van der Waals surface area contributed by atoms with E-state index in [0.717, 1.165) is 0 Å². The Labute approximate surface area is 101 Å². The van der Waals surface area contributed by atoms with Gasteiger partial charge in [-0.15, -0.1) is 22.7 Å². The summed E-state index contributed by atoms with van der Waals surface area (Å²) >= 11 is 3.83. The van der Waals surface area contributed by atoms with Gasteiger partial charge in [0, 0.05) is 29.9 Å². The summed E-state index contributed by atoms with van der Waals surface area (Å²) in [6.45, 7) is 4.45. The van der Waals surface area contributed by atoms with E-state index in [4.69, 9.17) is 0 Å². The van der Waals surface area contributed by atoms with Crippen LogP contribution in [-0.2, 0) is 0 Å². The van der Waals surface area contributed by atoms with E-state index in [0.29, 0.717) is 0 Å². The van der Waals surface area contributed by atoms with Crippen molar-refractivity contribution in [2.45, 2.75) is 13.8 Å². The van der Waals surface area contributed by atoms with Crippen LogP contribution < -0.4 is 0 Å². The lowest BCUT2D eigenvalue weighted by Crippen LogP contribution is -1.73. The van der Waals surface area contributed by atoms with Crippen LogP contribution in [0.3, 0.4) is 0 Å². The number of aryl methyl sites for hydroxylation is 2. The predicted molar refractivity (Wildman–Crippen MR) is 75.4 cm³/mol. The smallest absolute Gasteiger partial charge is 0.0358 e. The van der Waals surface area contributed by atoms with Crippen LogP contribution in [0.25, 0.3) is 30.9 Å². The first-order valence-corrected chi connectivity index (χ1v) is 7.02. The Morgan fingerprint density at radius 2 is 1.12 bits per heavy atom. The first-order valence-electron chi connectivity index (χ1n) is 5.39. The largest absolute Gasteiger partial charge is 0.140 e. The normalized spacial score (nSPS) is 12.4. The van der Waals surface area contributed by atoms with E-state index >= 15 is 0 Å². The molecule has 16 heavy (non-hydrogen) atoms. The van der Waals surface area contributed by atoms with Crippen molar-refractivity contribution >= 4 is 53.6 Å². The standard InChI is InChI=1S/C14H10S2/c1-7-9-3-5-12-14-10(8(2)16-12)4-6-11(15-7)13(9)14/h3-6H,1-2H3. The third-order valence-electron chi connectivity index (χ3n) is 3.37. The van der Waals surface area contributed by atoms with E-state index < -0.39 is 0 Å². The summed E-state index contributed by atoms with van der Waals surface area (Å²) in [7, 11) is 0. The minimum Gasteiger partial charge on any atom is -0.140 e. The van der Waals surface area contributed by atoms with Gasteiger partial charge in [-0.1, -0.05) is 12.1 Å². The molecule has 78 valence electrons. The molecule has 0 radical (unpaired) electrons. The SMILES string of the molecule is Cc1sc2ccc3c(C)sc4ccc1c2c43. The van der Waals surface area contributed by atoms with Crippen molar-refractivity contribution in [3.8, 4) is 0 Å². The van der Waals surface area contributed by atoms with Gasteiger partial charge in [0.2, 0.25) is 0 Å². The molecular weight excluding hydrogens is 232 g/mol. The van der Waals surface area contributed by atoms with Gasteiger partial charge in [-0.2, -0.15) is 0 Å². The van der Waals surface area contributed by atoms with Gasteiger partial charge in [0.1, 0.15) is 0 Å². The monoisotopic (exact) mass is 242 g/mol. The maximum Gasteiger partial charge on any atom is 0.0358 e. The molecule has 2 heteroatoms. The summed E-state index contributed by atoms with van der Waals surface area (Å²) in [5, 5.41) is 5.86. The zero-order chi connectivity index (χ0) is 10.9. The second-order valence-corrected chi connectivity index (χ2v) is 6.80. The van der Waals surface area contributed by atoms with E-state index in [9.17, 15) is 0 Å². The topological polar surface area (TPSA) is 0 Å². The second-order valence-electron chi connectivity index (χ2n) is 4.29. The van der Waals surface area contributed by atoms with Gasteiger partial charge in [-0.05, 0) is 36.8 Å². The molecule has 0 unspecified atom stereocenters. The minimum absolute atomic E-state index is 1.43. The highest BCUT2D eigenvalue weighted by Gasteiger charge is 2.14. The van der Waals surface area contributed by atoms with Crippen LogP contribution in [0, 0.1) is 13.8 Å². The number of thiophene rings is 2. The molecule has 0 N–H and O–H groups in total. The molecule has 0 aliphatic heterocycles. The summed E-state index contributed by atoms with van der Waals surface area (Å²) in [5.74, 6) is 0. The predicted octanol–water partition coefficient (Wildman–Crippen LogP) is 5.32. The highest BCUT2D eigenvalue weighted by atomic mass is 32.1. The van der Waals surface area contributed by atoms with Gasteiger partial charge in [0.25, 0.3) is 0 Å². The van der Waals surface area contributed by atoms with Crippen molar-refractivity contribution in [1.29, 1.82) is 0 Å². The maximum atomic E-state index is 2.28. The average molecular weight is 242 g/mol. The van der Waals surface area contributed by atoms with Gasteiger partial charge < -0.3 is 0 Å². The quantitative estimate of drug-likeness (QED) is 0.391. The zero-order valence-corrected chi connectivity index (χ0v) is 10.8. The van der Waals surface area contributed by atoms with Gasteiger partial charge >= 0.3 is 0 Å². The van der Waals surface area contributed by atoms with Crippen LogP contribution in [0.1, 0.15) is 9.75 Å². The fourth-order valence-corrected chi connectivity index (χ4v) is 4.75. The summed E-state index contributed by atoms with van der Waals surface area (Å²) in [6.07, 6.45) is 0. The first kappa shape index (κ1) is 8.97. The molecular formula is C14H10S2. The van der Waals surface area contributed by atoms with E-state index in [1.807, 2.05) is 22.7 Å². The first-order chi connectivity index (χ1) is 7.75. The zero-order valence-electron chi connectivity index (χ0n) is 9.13. The van der Waals surface area contributed by atoms with Crippen molar-refractivity contribution in [1.82, 2.24) is 0 Å². The van der Waals surface area contributed by atoms with Crippen molar-refractivity contribution in [2.24, 2.45) is 0 Å². The molecule has 0 atom stereocenters. The molecule has 4 rings (SSSR count). The van der Waals surface area contributed by atoms with Crippen molar-refractivity contribution in [3.05, 3.63) is 34.0 Å². The molecule has 0 nitrogen and oxygen atoms in total. The summed E-state index contributed by atoms with van der Waals surface area (Å²) in [6, 6.07) is 9.13. The van der Waals surface area contributed by atoms with E-state index in [-0.39, 0.29) is 0 Å². The van der Waals surface area contributed by atoms with Crippen LogP contribution >= 0.6 is 22.7 Å². The molecule has 2 aromatic carbocycles. The molecule has 0 amide bonds. The number of hydrogen-bond donors (Lipinski definition) is 0. The van der Waals surface area contributed by atoms with Gasteiger partial charge in [-0.3, -0.25) is 0 Å². The van der Waals surface area contributed by atoms with Gasteiger partial charge in [0.15, 0.2) is 0 Å². The number of hydrogen-bond acceptors (Lipinski definition) is 2. The lowest BCUT2D eigenvalue weighted by atomic mass is 10.0. The highest BCUT2D eigenvalue weighted by molar-refractivity contribution is 7.22. The lowest BCUT2D eigenvalue weighted by Gasteiger charge is -1.99. The Morgan fingerprint density at radius 3 is 1.56 bits per heavy atom. The molecule has 0 saturated carbocycles.